The van der Waals surface area contributed by atoms with Crippen molar-refractivity contribution in [2.45, 2.75) is 33.4 Å². The van der Waals surface area contributed by atoms with E-state index in [0.717, 1.165) is 39.0 Å². The van der Waals surface area contributed by atoms with Crippen molar-refractivity contribution in [1.29, 1.82) is 5.26 Å². The molecule has 0 atom stereocenters. The maximum atomic E-state index is 9.17. The first kappa shape index (κ1) is 16.1. The fourth-order valence-electron chi connectivity index (χ4n) is 2.13. The van der Waals surface area contributed by atoms with E-state index in [4.69, 9.17) is 0 Å². The Labute approximate surface area is 141 Å². The summed E-state index contributed by atoms with van der Waals surface area (Å²) < 4.78 is 3.98. The van der Waals surface area contributed by atoms with Gasteiger partial charge in [-0.05, 0) is 47.5 Å². The Kier molecular flexibility index (Phi) is 5.43. The van der Waals surface area contributed by atoms with Crippen LogP contribution in [-0.4, -0.2) is 9.78 Å². The Hall–Kier alpha value is -1.32. The molecule has 0 unspecified atom stereocenters. The molecule has 1 heterocycles. The minimum atomic E-state index is 0.618. The van der Waals surface area contributed by atoms with Crippen molar-refractivity contribution >= 4 is 37.5 Å². The lowest BCUT2D eigenvalue weighted by molar-refractivity contribution is 0.619. The van der Waals surface area contributed by atoms with Gasteiger partial charge in [-0.2, -0.15) is 10.4 Å². The summed E-state index contributed by atoms with van der Waals surface area (Å²) in [5.74, 6) is 0. The van der Waals surface area contributed by atoms with Crippen molar-refractivity contribution in [3.63, 3.8) is 0 Å². The van der Waals surface area contributed by atoms with E-state index >= 15 is 0 Å². The molecule has 1 N–H and O–H groups in total. The van der Waals surface area contributed by atoms with E-state index in [1.807, 2.05) is 16.8 Å². The van der Waals surface area contributed by atoms with Gasteiger partial charge in [0.05, 0.1) is 33.7 Å². The predicted molar refractivity (Wildman–Crippen MR) is 91.2 cm³/mol. The fraction of sp³-hybridized carbons (Fsp3) is 0.333. The van der Waals surface area contributed by atoms with Crippen molar-refractivity contribution in [3.8, 4) is 6.07 Å². The third kappa shape index (κ3) is 3.47. The molecule has 0 fully saturated rings. The Morgan fingerprint density at radius 3 is 2.71 bits per heavy atom. The largest absolute Gasteiger partial charge is 0.378 e. The molecule has 0 aliphatic carbocycles. The molecule has 4 nitrogen and oxygen atoms in total. The third-order valence-corrected chi connectivity index (χ3v) is 4.65. The lowest BCUT2D eigenvalue weighted by atomic mass is 10.2. The van der Waals surface area contributed by atoms with Gasteiger partial charge in [0.25, 0.3) is 0 Å². The molecule has 1 aromatic carbocycles. The van der Waals surface area contributed by atoms with Crippen molar-refractivity contribution in [1.82, 2.24) is 9.78 Å². The quantitative estimate of drug-likeness (QED) is 0.789. The molecule has 0 saturated heterocycles. The van der Waals surface area contributed by atoms with Crippen LogP contribution in [0.5, 0.6) is 0 Å². The van der Waals surface area contributed by atoms with Gasteiger partial charge in [0.2, 0.25) is 0 Å². The van der Waals surface area contributed by atoms with Crippen LogP contribution in [0.1, 0.15) is 30.8 Å². The highest BCUT2D eigenvalue weighted by atomic mass is 79.9. The Balaban J connectivity index is 2.26. The number of hydrogen-bond acceptors (Lipinski definition) is 3. The van der Waals surface area contributed by atoms with Crippen LogP contribution >= 0.6 is 31.9 Å². The Morgan fingerprint density at radius 2 is 2.10 bits per heavy atom. The van der Waals surface area contributed by atoms with Crippen LogP contribution in [0.3, 0.4) is 0 Å². The zero-order valence-electron chi connectivity index (χ0n) is 12.0. The molecule has 6 heteroatoms. The molecular formula is C15H16Br2N4. The lowest BCUT2D eigenvalue weighted by Crippen LogP contribution is -2.09. The molecule has 0 amide bonds. The second-order valence-corrected chi connectivity index (χ2v) is 6.24. The molecule has 110 valence electrons. The highest BCUT2D eigenvalue weighted by molar-refractivity contribution is 9.10. The smallest absolute Gasteiger partial charge is 0.101 e. The topological polar surface area (TPSA) is 53.6 Å². The molecule has 0 aliphatic rings. The first-order valence-electron chi connectivity index (χ1n) is 6.78. The van der Waals surface area contributed by atoms with Crippen LogP contribution in [0, 0.1) is 11.3 Å². The van der Waals surface area contributed by atoms with E-state index in [2.05, 4.69) is 62.2 Å². The number of anilines is 1. The van der Waals surface area contributed by atoms with Gasteiger partial charge < -0.3 is 5.32 Å². The maximum Gasteiger partial charge on any atom is 0.101 e. The van der Waals surface area contributed by atoms with Crippen molar-refractivity contribution in [2.24, 2.45) is 0 Å². The number of nitriles is 1. The van der Waals surface area contributed by atoms with E-state index in [9.17, 15) is 5.26 Å². The minimum Gasteiger partial charge on any atom is -0.378 e. The monoisotopic (exact) mass is 410 g/mol. The summed E-state index contributed by atoms with van der Waals surface area (Å²) in [5.41, 5.74) is 3.61. The van der Waals surface area contributed by atoms with Crippen molar-refractivity contribution in [3.05, 3.63) is 44.1 Å². The number of hydrogen-bond donors (Lipinski definition) is 1. The van der Waals surface area contributed by atoms with Crippen LogP contribution in [0.15, 0.2) is 27.1 Å². The van der Waals surface area contributed by atoms with Crippen LogP contribution in [0.4, 0.5) is 5.69 Å². The molecule has 0 aliphatic heterocycles. The maximum absolute atomic E-state index is 9.17. The number of nitrogens with zero attached hydrogens (tertiary/aromatic N) is 3. The molecule has 1 aromatic heterocycles. The third-order valence-electron chi connectivity index (χ3n) is 3.24. The molecule has 21 heavy (non-hydrogen) atoms. The highest BCUT2D eigenvalue weighted by Crippen LogP contribution is 2.25. The summed E-state index contributed by atoms with van der Waals surface area (Å²) in [6, 6.07) is 7.79. The number of aromatic nitrogens is 2. The minimum absolute atomic E-state index is 0.618. The Morgan fingerprint density at radius 1 is 1.33 bits per heavy atom. The summed E-state index contributed by atoms with van der Waals surface area (Å²) in [6.07, 6.45) is 0.890. The van der Waals surface area contributed by atoms with Gasteiger partial charge in [0.15, 0.2) is 0 Å². The van der Waals surface area contributed by atoms with Crippen LogP contribution in [-0.2, 0) is 19.5 Å². The Bertz CT molecular complexity index is 686. The molecule has 0 saturated carbocycles. The molecule has 0 spiro atoms. The van der Waals surface area contributed by atoms with E-state index < -0.39 is 0 Å². The number of nitrogens with one attached hydrogen (secondary N) is 1. The second-order valence-electron chi connectivity index (χ2n) is 4.53. The van der Waals surface area contributed by atoms with Crippen molar-refractivity contribution in [2.75, 3.05) is 5.32 Å². The number of aryl methyl sites for hydroxylation is 2. The number of rotatable bonds is 5. The van der Waals surface area contributed by atoms with Gasteiger partial charge in [0.1, 0.15) is 6.07 Å². The van der Waals surface area contributed by atoms with Gasteiger partial charge in [-0.15, -0.1) is 0 Å². The highest BCUT2D eigenvalue weighted by Gasteiger charge is 2.14. The van der Waals surface area contributed by atoms with Gasteiger partial charge in [-0.1, -0.05) is 22.9 Å². The summed E-state index contributed by atoms with van der Waals surface area (Å²) in [5, 5.41) is 17.1. The van der Waals surface area contributed by atoms with Crippen LogP contribution in [0.2, 0.25) is 0 Å². The summed E-state index contributed by atoms with van der Waals surface area (Å²) in [4.78, 5) is 0. The van der Waals surface area contributed by atoms with Crippen LogP contribution < -0.4 is 5.32 Å². The molecule has 2 aromatic rings. The SMILES string of the molecule is CCc1nn(CC)c(CNc2cc(Br)ccc2C#N)c1Br. The number of benzene rings is 1. The zero-order chi connectivity index (χ0) is 15.4. The van der Waals surface area contributed by atoms with E-state index in [0.29, 0.717) is 12.1 Å². The molecule has 0 radical (unpaired) electrons. The average Bonchev–Trinajstić information content (AvgIpc) is 2.80. The van der Waals surface area contributed by atoms with Gasteiger partial charge in [-0.3, -0.25) is 4.68 Å². The fourth-order valence-corrected chi connectivity index (χ4v) is 3.19. The molecule has 0 bridgehead atoms. The van der Waals surface area contributed by atoms with E-state index in [-0.39, 0.29) is 0 Å². The second kappa shape index (κ2) is 7.10. The van der Waals surface area contributed by atoms with Gasteiger partial charge in [-0.25, -0.2) is 0 Å². The normalized spacial score (nSPS) is 10.4. The average molecular weight is 412 g/mol. The first-order chi connectivity index (χ1) is 10.1. The lowest BCUT2D eigenvalue weighted by Gasteiger charge is -2.10. The van der Waals surface area contributed by atoms with Gasteiger partial charge >= 0.3 is 0 Å². The predicted octanol–water partition coefficient (Wildman–Crippen LogP) is 4.47. The first-order valence-corrected chi connectivity index (χ1v) is 8.36. The zero-order valence-corrected chi connectivity index (χ0v) is 15.1. The summed E-state index contributed by atoms with van der Waals surface area (Å²) in [6.45, 7) is 5.60. The number of halogens is 2. The molecular weight excluding hydrogens is 396 g/mol. The van der Waals surface area contributed by atoms with E-state index in [1.54, 1.807) is 6.07 Å². The van der Waals surface area contributed by atoms with E-state index in [1.165, 1.54) is 0 Å². The summed E-state index contributed by atoms with van der Waals surface area (Å²) >= 11 is 7.06. The molecule has 2 rings (SSSR count). The summed E-state index contributed by atoms with van der Waals surface area (Å²) in [7, 11) is 0. The van der Waals surface area contributed by atoms with Gasteiger partial charge in [0, 0.05) is 11.0 Å². The van der Waals surface area contributed by atoms with Crippen LogP contribution in [0.25, 0.3) is 0 Å². The standard InChI is InChI=1S/C15H16Br2N4/c1-3-12-15(17)14(21(4-2)20-12)9-19-13-7-11(16)6-5-10(13)8-18/h5-7,19H,3-4,9H2,1-2H3. The van der Waals surface area contributed by atoms with Crippen molar-refractivity contribution < 1.29 is 0 Å².